The molecule has 1 atom stereocenters. The molecule has 1 heterocycles. The SMILES string of the molecule is CCCCC(NC(=O)c1c(-c2ccc(CCC)cc2)nc(-c2ccccc2)n1CC)c1ccccc1OC. The van der Waals surface area contributed by atoms with Gasteiger partial charge in [0.1, 0.15) is 23.0 Å². The van der Waals surface area contributed by atoms with Gasteiger partial charge >= 0.3 is 0 Å². The first-order valence-electron chi connectivity index (χ1n) is 13.8. The van der Waals surface area contributed by atoms with Crippen LogP contribution in [0.3, 0.4) is 0 Å². The van der Waals surface area contributed by atoms with Crippen LogP contribution in [0, 0.1) is 0 Å². The van der Waals surface area contributed by atoms with E-state index in [1.54, 1.807) is 7.11 Å². The molecule has 3 aromatic carbocycles. The van der Waals surface area contributed by atoms with E-state index in [1.807, 2.05) is 59.2 Å². The molecule has 4 aromatic rings. The predicted octanol–water partition coefficient (Wildman–Crippen LogP) is 7.86. The van der Waals surface area contributed by atoms with Crippen LogP contribution in [0.1, 0.15) is 74.1 Å². The van der Waals surface area contributed by atoms with Gasteiger partial charge in [-0.1, -0.05) is 106 Å². The summed E-state index contributed by atoms with van der Waals surface area (Å²) in [5.74, 6) is 1.46. The zero-order chi connectivity index (χ0) is 26.9. The van der Waals surface area contributed by atoms with Crippen molar-refractivity contribution < 1.29 is 9.53 Å². The van der Waals surface area contributed by atoms with E-state index in [-0.39, 0.29) is 11.9 Å². The molecule has 1 aromatic heterocycles. The highest BCUT2D eigenvalue weighted by molar-refractivity contribution is 6.00. The molecule has 0 spiro atoms. The average Bonchev–Trinajstić information content (AvgIpc) is 3.36. The van der Waals surface area contributed by atoms with Gasteiger partial charge in [0.05, 0.1) is 13.2 Å². The van der Waals surface area contributed by atoms with Gasteiger partial charge in [-0.05, 0) is 31.4 Å². The number of rotatable bonds is 12. The molecule has 0 saturated carbocycles. The second-order valence-electron chi connectivity index (χ2n) is 9.60. The molecule has 0 fully saturated rings. The number of carbonyl (C=O) groups is 1. The van der Waals surface area contributed by atoms with Crippen molar-refractivity contribution in [2.75, 3.05) is 7.11 Å². The normalized spacial score (nSPS) is 11.8. The van der Waals surface area contributed by atoms with E-state index in [2.05, 4.69) is 50.4 Å². The van der Waals surface area contributed by atoms with Gasteiger partial charge in [-0.2, -0.15) is 0 Å². The lowest BCUT2D eigenvalue weighted by Gasteiger charge is -2.22. The van der Waals surface area contributed by atoms with E-state index < -0.39 is 0 Å². The largest absolute Gasteiger partial charge is 0.496 e. The minimum absolute atomic E-state index is 0.124. The fourth-order valence-electron chi connectivity index (χ4n) is 5.01. The maximum Gasteiger partial charge on any atom is 0.270 e. The lowest BCUT2D eigenvalue weighted by Crippen LogP contribution is -2.31. The third-order valence-corrected chi connectivity index (χ3v) is 6.96. The average molecular weight is 510 g/mol. The van der Waals surface area contributed by atoms with Crippen molar-refractivity contribution in [3.63, 3.8) is 0 Å². The van der Waals surface area contributed by atoms with Gasteiger partial charge < -0.3 is 14.6 Å². The van der Waals surface area contributed by atoms with Gasteiger partial charge in [0, 0.05) is 23.2 Å². The van der Waals surface area contributed by atoms with E-state index in [0.29, 0.717) is 17.9 Å². The molecule has 0 saturated heterocycles. The summed E-state index contributed by atoms with van der Waals surface area (Å²) in [5.41, 5.74) is 5.52. The lowest BCUT2D eigenvalue weighted by molar-refractivity contribution is 0.0925. The molecule has 0 bridgehead atoms. The summed E-state index contributed by atoms with van der Waals surface area (Å²) in [6.07, 6.45) is 5.00. The van der Waals surface area contributed by atoms with Gasteiger partial charge in [-0.15, -0.1) is 0 Å². The zero-order valence-corrected chi connectivity index (χ0v) is 23.0. The van der Waals surface area contributed by atoms with E-state index in [0.717, 1.165) is 60.4 Å². The van der Waals surface area contributed by atoms with Crippen molar-refractivity contribution in [2.24, 2.45) is 0 Å². The summed E-state index contributed by atoms with van der Waals surface area (Å²) in [7, 11) is 1.68. The van der Waals surface area contributed by atoms with E-state index in [4.69, 9.17) is 9.72 Å². The number of aryl methyl sites for hydroxylation is 1. The Bertz CT molecular complexity index is 1330. The second-order valence-corrected chi connectivity index (χ2v) is 9.60. The summed E-state index contributed by atoms with van der Waals surface area (Å²) in [4.78, 5) is 19.2. The lowest BCUT2D eigenvalue weighted by atomic mass is 9.99. The first-order valence-corrected chi connectivity index (χ1v) is 13.8. The maximum atomic E-state index is 14.2. The minimum atomic E-state index is -0.168. The van der Waals surface area contributed by atoms with Gasteiger partial charge in [0.2, 0.25) is 0 Å². The highest BCUT2D eigenvalue weighted by Crippen LogP contribution is 2.32. The standard InChI is InChI=1S/C33H39N3O2/c1-5-8-18-28(27-17-12-13-19-29(27)38-4)34-33(37)31-30(25-22-20-24(14-6-2)21-23-25)35-32(36(31)7-3)26-15-10-9-11-16-26/h9-13,15-17,19-23,28H,5-8,14,18H2,1-4H3,(H,34,37). The van der Waals surface area contributed by atoms with Crippen LogP contribution < -0.4 is 10.1 Å². The number of benzene rings is 3. The number of carbonyl (C=O) groups excluding carboxylic acids is 1. The molecule has 1 N–H and O–H groups in total. The summed E-state index contributed by atoms with van der Waals surface area (Å²) in [5, 5.41) is 3.36. The number of imidazole rings is 1. The molecule has 0 radical (unpaired) electrons. The maximum absolute atomic E-state index is 14.2. The molecule has 38 heavy (non-hydrogen) atoms. The Morgan fingerprint density at radius 1 is 0.895 bits per heavy atom. The number of hydrogen-bond donors (Lipinski definition) is 1. The fraction of sp³-hybridized carbons (Fsp3) is 0.333. The summed E-state index contributed by atoms with van der Waals surface area (Å²) < 4.78 is 7.70. The van der Waals surface area contributed by atoms with Crippen molar-refractivity contribution in [3.8, 4) is 28.4 Å². The predicted molar refractivity (Wildman–Crippen MR) is 155 cm³/mol. The van der Waals surface area contributed by atoms with Crippen molar-refractivity contribution in [2.45, 2.75) is 65.5 Å². The molecule has 0 aliphatic rings. The summed E-state index contributed by atoms with van der Waals surface area (Å²) in [6, 6.07) is 26.3. The van der Waals surface area contributed by atoms with E-state index in [1.165, 1.54) is 5.56 Å². The van der Waals surface area contributed by atoms with Crippen LogP contribution in [0.2, 0.25) is 0 Å². The van der Waals surface area contributed by atoms with Crippen LogP contribution in [0.25, 0.3) is 22.6 Å². The van der Waals surface area contributed by atoms with Crippen molar-refractivity contribution in [1.82, 2.24) is 14.9 Å². The van der Waals surface area contributed by atoms with E-state index in [9.17, 15) is 4.79 Å². The third-order valence-electron chi connectivity index (χ3n) is 6.96. The molecule has 198 valence electrons. The summed E-state index contributed by atoms with van der Waals surface area (Å²) in [6.45, 7) is 7.04. The number of nitrogens with one attached hydrogen (secondary N) is 1. The molecule has 1 amide bonds. The van der Waals surface area contributed by atoms with Crippen LogP contribution in [0.5, 0.6) is 5.75 Å². The Morgan fingerprint density at radius 2 is 1.61 bits per heavy atom. The van der Waals surface area contributed by atoms with Gasteiger partial charge in [0.15, 0.2) is 0 Å². The number of hydrogen-bond acceptors (Lipinski definition) is 3. The molecular formula is C33H39N3O2. The Kier molecular flexibility index (Phi) is 9.36. The first kappa shape index (κ1) is 27.2. The molecule has 0 aliphatic heterocycles. The van der Waals surface area contributed by atoms with Crippen LogP contribution >= 0.6 is 0 Å². The number of ether oxygens (including phenoxy) is 1. The molecule has 0 aliphatic carbocycles. The molecule has 5 nitrogen and oxygen atoms in total. The quantitative estimate of drug-likeness (QED) is 0.211. The number of nitrogens with zero attached hydrogens (tertiary/aromatic N) is 2. The van der Waals surface area contributed by atoms with E-state index >= 15 is 0 Å². The van der Waals surface area contributed by atoms with Crippen LogP contribution in [-0.4, -0.2) is 22.6 Å². The topological polar surface area (TPSA) is 56.2 Å². The number of aromatic nitrogens is 2. The minimum Gasteiger partial charge on any atom is -0.496 e. The highest BCUT2D eigenvalue weighted by Gasteiger charge is 2.27. The second kappa shape index (κ2) is 13.1. The first-order chi connectivity index (χ1) is 18.6. The van der Waals surface area contributed by atoms with Crippen LogP contribution in [0.15, 0.2) is 78.9 Å². The fourth-order valence-corrected chi connectivity index (χ4v) is 5.01. The molecule has 5 heteroatoms. The molecule has 4 rings (SSSR count). The monoisotopic (exact) mass is 509 g/mol. The highest BCUT2D eigenvalue weighted by atomic mass is 16.5. The third kappa shape index (κ3) is 5.99. The number of methoxy groups -OCH3 is 1. The Labute approximate surface area is 226 Å². The zero-order valence-electron chi connectivity index (χ0n) is 23.0. The van der Waals surface area contributed by atoms with Gasteiger partial charge in [-0.25, -0.2) is 4.98 Å². The number of para-hydroxylation sites is 1. The smallest absolute Gasteiger partial charge is 0.270 e. The Morgan fingerprint density at radius 3 is 2.26 bits per heavy atom. The van der Waals surface area contributed by atoms with Crippen LogP contribution in [-0.2, 0) is 13.0 Å². The number of unbranched alkanes of at least 4 members (excludes halogenated alkanes) is 1. The Balaban J connectivity index is 1.81. The van der Waals surface area contributed by atoms with Crippen molar-refractivity contribution in [3.05, 3.63) is 95.7 Å². The molecular weight excluding hydrogens is 470 g/mol. The molecule has 1 unspecified atom stereocenters. The van der Waals surface area contributed by atoms with Crippen molar-refractivity contribution in [1.29, 1.82) is 0 Å². The Hall–Kier alpha value is -3.86. The van der Waals surface area contributed by atoms with Crippen molar-refractivity contribution >= 4 is 5.91 Å². The van der Waals surface area contributed by atoms with Gasteiger partial charge in [-0.3, -0.25) is 4.79 Å². The summed E-state index contributed by atoms with van der Waals surface area (Å²) >= 11 is 0. The van der Waals surface area contributed by atoms with Gasteiger partial charge in [0.25, 0.3) is 5.91 Å². The number of amides is 1. The van der Waals surface area contributed by atoms with Crippen LogP contribution in [0.4, 0.5) is 0 Å².